The SMILES string of the molecule is CC1(C)[C@@H]2OCC[C@@H]2[C@@H]1OC(=O)C[C@H]1C[C@H]2CC[C@H]1C2. The molecule has 1 heterocycles. The van der Waals surface area contributed by atoms with Crippen LogP contribution in [-0.2, 0) is 14.3 Å². The smallest absolute Gasteiger partial charge is 0.306 e. The fourth-order valence-electron chi connectivity index (χ4n) is 5.55. The third kappa shape index (κ3) is 1.85. The van der Waals surface area contributed by atoms with Crippen molar-refractivity contribution in [3.63, 3.8) is 0 Å². The molecule has 3 heteroatoms. The fourth-order valence-corrected chi connectivity index (χ4v) is 5.55. The van der Waals surface area contributed by atoms with E-state index in [1.165, 1.54) is 25.7 Å². The zero-order chi connectivity index (χ0) is 13.9. The van der Waals surface area contributed by atoms with E-state index in [9.17, 15) is 4.79 Å². The van der Waals surface area contributed by atoms with Gasteiger partial charge in [-0.25, -0.2) is 0 Å². The van der Waals surface area contributed by atoms with Crippen LogP contribution in [0.2, 0.25) is 0 Å². The van der Waals surface area contributed by atoms with Gasteiger partial charge in [0.1, 0.15) is 6.10 Å². The lowest BCUT2D eigenvalue weighted by Crippen LogP contribution is -2.61. The van der Waals surface area contributed by atoms with Crippen LogP contribution >= 0.6 is 0 Å². The van der Waals surface area contributed by atoms with Gasteiger partial charge in [0.15, 0.2) is 0 Å². The average molecular weight is 278 g/mol. The molecule has 0 amide bonds. The molecule has 2 bridgehead atoms. The zero-order valence-corrected chi connectivity index (χ0v) is 12.6. The molecule has 3 saturated carbocycles. The second kappa shape index (κ2) is 4.46. The van der Waals surface area contributed by atoms with Crippen molar-refractivity contribution in [2.75, 3.05) is 6.61 Å². The third-order valence-corrected chi connectivity index (χ3v) is 6.56. The highest BCUT2D eigenvalue weighted by Gasteiger charge is 2.61. The lowest BCUT2D eigenvalue weighted by atomic mass is 9.59. The Kier molecular flexibility index (Phi) is 2.93. The number of fused-ring (bicyclic) bond motifs is 3. The molecule has 1 aliphatic heterocycles. The third-order valence-electron chi connectivity index (χ3n) is 6.56. The molecule has 6 atom stereocenters. The summed E-state index contributed by atoms with van der Waals surface area (Å²) in [5, 5.41) is 0. The van der Waals surface area contributed by atoms with Gasteiger partial charge in [-0.2, -0.15) is 0 Å². The van der Waals surface area contributed by atoms with Gasteiger partial charge in [-0.15, -0.1) is 0 Å². The quantitative estimate of drug-likeness (QED) is 0.744. The van der Waals surface area contributed by atoms with E-state index in [0.717, 1.165) is 24.9 Å². The minimum atomic E-state index is 0.00546. The van der Waals surface area contributed by atoms with Crippen LogP contribution in [0, 0.1) is 29.1 Å². The Labute approximate surface area is 121 Å². The van der Waals surface area contributed by atoms with Crippen molar-refractivity contribution in [3.05, 3.63) is 0 Å². The van der Waals surface area contributed by atoms with Crippen molar-refractivity contribution < 1.29 is 14.3 Å². The van der Waals surface area contributed by atoms with Gasteiger partial charge in [0.25, 0.3) is 0 Å². The lowest BCUT2D eigenvalue weighted by Gasteiger charge is -2.53. The fraction of sp³-hybridized carbons (Fsp3) is 0.941. The Morgan fingerprint density at radius 1 is 1.25 bits per heavy atom. The molecule has 20 heavy (non-hydrogen) atoms. The molecule has 0 radical (unpaired) electrons. The molecule has 0 spiro atoms. The molecule has 0 N–H and O–H groups in total. The molecule has 4 aliphatic rings. The normalized spacial score (nSPS) is 47.9. The van der Waals surface area contributed by atoms with Crippen LogP contribution in [-0.4, -0.2) is 24.8 Å². The Hall–Kier alpha value is -0.570. The first kappa shape index (κ1) is 13.1. The van der Waals surface area contributed by atoms with Crippen LogP contribution < -0.4 is 0 Å². The largest absolute Gasteiger partial charge is 0.461 e. The van der Waals surface area contributed by atoms with E-state index in [1.54, 1.807) is 0 Å². The number of carbonyl (C=O) groups excluding carboxylic acids is 1. The van der Waals surface area contributed by atoms with Crippen LogP contribution in [0.15, 0.2) is 0 Å². The zero-order valence-electron chi connectivity index (χ0n) is 12.6. The molecule has 3 aliphatic carbocycles. The second-order valence-electron chi connectivity index (χ2n) is 8.11. The summed E-state index contributed by atoms with van der Waals surface area (Å²) in [5.74, 6) is 2.83. The van der Waals surface area contributed by atoms with Crippen LogP contribution in [0.25, 0.3) is 0 Å². The summed E-state index contributed by atoms with van der Waals surface area (Å²) in [5.41, 5.74) is 0.00546. The molecule has 112 valence electrons. The van der Waals surface area contributed by atoms with Gasteiger partial charge in [-0.3, -0.25) is 4.79 Å². The number of hydrogen-bond acceptors (Lipinski definition) is 3. The number of esters is 1. The topological polar surface area (TPSA) is 35.5 Å². The van der Waals surface area contributed by atoms with Gasteiger partial charge in [0.2, 0.25) is 0 Å². The van der Waals surface area contributed by atoms with Crippen molar-refractivity contribution in [3.8, 4) is 0 Å². The molecule has 1 saturated heterocycles. The second-order valence-corrected chi connectivity index (χ2v) is 8.11. The molecular weight excluding hydrogens is 252 g/mol. The monoisotopic (exact) mass is 278 g/mol. The van der Waals surface area contributed by atoms with E-state index in [4.69, 9.17) is 9.47 Å². The Morgan fingerprint density at radius 2 is 2.10 bits per heavy atom. The van der Waals surface area contributed by atoms with Crippen LogP contribution in [0.5, 0.6) is 0 Å². The van der Waals surface area contributed by atoms with Crippen molar-refractivity contribution >= 4 is 5.97 Å². The minimum Gasteiger partial charge on any atom is -0.461 e. The van der Waals surface area contributed by atoms with E-state index < -0.39 is 0 Å². The highest BCUT2D eigenvalue weighted by Crippen LogP contribution is 2.54. The van der Waals surface area contributed by atoms with Crippen molar-refractivity contribution in [1.29, 1.82) is 0 Å². The van der Waals surface area contributed by atoms with Gasteiger partial charge < -0.3 is 9.47 Å². The Bertz CT molecular complexity index is 416. The maximum absolute atomic E-state index is 12.3. The number of carbonyl (C=O) groups is 1. The summed E-state index contributed by atoms with van der Waals surface area (Å²) in [6, 6.07) is 0. The summed E-state index contributed by atoms with van der Waals surface area (Å²) in [6.07, 6.45) is 7.48. The number of rotatable bonds is 3. The Balaban J connectivity index is 1.34. The van der Waals surface area contributed by atoms with E-state index in [0.29, 0.717) is 24.4 Å². The van der Waals surface area contributed by atoms with Gasteiger partial charge in [-0.1, -0.05) is 20.3 Å². The number of hydrogen-bond donors (Lipinski definition) is 0. The van der Waals surface area contributed by atoms with Crippen molar-refractivity contribution in [2.24, 2.45) is 29.1 Å². The summed E-state index contributed by atoms with van der Waals surface area (Å²) in [6.45, 7) is 5.18. The highest BCUT2D eigenvalue weighted by atomic mass is 16.6. The van der Waals surface area contributed by atoms with Crippen LogP contribution in [0.4, 0.5) is 0 Å². The van der Waals surface area contributed by atoms with Gasteiger partial charge in [-0.05, 0) is 43.4 Å². The molecule has 0 aromatic rings. The van der Waals surface area contributed by atoms with E-state index in [1.807, 2.05) is 0 Å². The van der Waals surface area contributed by atoms with E-state index in [-0.39, 0.29) is 17.5 Å². The van der Waals surface area contributed by atoms with Gasteiger partial charge in [0, 0.05) is 24.4 Å². The van der Waals surface area contributed by atoms with Crippen molar-refractivity contribution in [1.82, 2.24) is 0 Å². The summed E-state index contributed by atoms with van der Waals surface area (Å²) >= 11 is 0. The predicted molar refractivity (Wildman–Crippen MR) is 75.1 cm³/mol. The Morgan fingerprint density at radius 3 is 2.80 bits per heavy atom. The molecule has 4 rings (SSSR count). The minimum absolute atomic E-state index is 0.00546. The first-order valence-electron chi connectivity index (χ1n) is 8.37. The predicted octanol–water partition coefficient (Wildman–Crippen LogP) is 3.17. The number of ether oxygens (including phenoxy) is 2. The summed E-state index contributed by atoms with van der Waals surface area (Å²) < 4.78 is 11.6. The summed E-state index contributed by atoms with van der Waals surface area (Å²) in [7, 11) is 0. The van der Waals surface area contributed by atoms with Crippen LogP contribution in [0.3, 0.4) is 0 Å². The average Bonchev–Trinajstić information content (AvgIpc) is 3.11. The molecule has 0 aromatic carbocycles. The molecule has 0 unspecified atom stereocenters. The maximum Gasteiger partial charge on any atom is 0.306 e. The molecule has 3 nitrogen and oxygen atoms in total. The lowest BCUT2D eigenvalue weighted by molar-refractivity contribution is -0.210. The first-order valence-corrected chi connectivity index (χ1v) is 8.37. The highest BCUT2D eigenvalue weighted by molar-refractivity contribution is 5.70. The molecule has 0 aromatic heterocycles. The van der Waals surface area contributed by atoms with E-state index in [2.05, 4.69) is 13.8 Å². The van der Waals surface area contributed by atoms with Gasteiger partial charge >= 0.3 is 5.97 Å². The van der Waals surface area contributed by atoms with E-state index >= 15 is 0 Å². The van der Waals surface area contributed by atoms with Crippen molar-refractivity contribution in [2.45, 2.75) is 64.6 Å². The molecule has 4 fully saturated rings. The first-order chi connectivity index (χ1) is 9.55. The van der Waals surface area contributed by atoms with Gasteiger partial charge in [0.05, 0.1) is 6.10 Å². The molecular formula is C17H26O3. The maximum atomic E-state index is 12.3. The summed E-state index contributed by atoms with van der Waals surface area (Å²) in [4.78, 5) is 12.3. The standard InChI is InChI=1S/C17H26O3/c1-17(2)15-13(5-6-19-15)16(17)20-14(18)9-12-8-10-3-4-11(12)7-10/h10-13,15-16H,3-9H2,1-2H3/t10-,11-,12+,13-,15+,16-/m0/s1. The van der Waals surface area contributed by atoms with Crippen LogP contribution in [0.1, 0.15) is 52.4 Å².